The molecule has 3 rings (SSSR count). The lowest BCUT2D eigenvalue weighted by molar-refractivity contribution is 0.0746. The highest BCUT2D eigenvalue weighted by atomic mass is 16.2. The molecule has 0 spiro atoms. The van der Waals surface area contributed by atoms with Crippen LogP contribution >= 0.6 is 0 Å². The number of carbonyl (C=O) groups is 1. The third-order valence-electron chi connectivity index (χ3n) is 4.17. The number of aryl methyl sites for hydroxylation is 2. The Kier molecular flexibility index (Phi) is 3.65. The van der Waals surface area contributed by atoms with Crippen molar-refractivity contribution in [3.05, 3.63) is 64.7 Å². The van der Waals surface area contributed by atoms with Gasteiger partial charge in [0.05, 0.1) is 0 Å². The van der Waals surface area contributed by atoms with Crippen LogP contribution in [0.3, 0.4) is 0 Å². The molecule has 0 atom stereocenters. The summed E-state index contributed by atoms with van der Waals surface area (Å²) in [6.07, 6.45) is 2.04. The minimum atomic E-state index is 0.0680. The number of nitrogen functional groups attached to an aromatic ring is 1. The van der Waals surface area contributed by atoms with E-state index in [1.54, 1.807) is 6.07 Å². The number of nitrogens with zero attached hydrogens (tertiary/aromatic N) is 1. The molecule has 1 aliphatic heterocycles. The van der Waals surface area contributed by atoms with Gasteiger partial charge in [-0.1, -0.05) is 30.3 Å². The molecule has 21 heavy (non-hydrogen) atoms. The van der Waals surface area contributed by atoms with Gasteiger partial charge >= 0.3 is 0 Å². The number of rotatable bonds is 1. The van der Waals surface area contributed by atoms with Crippen molar-refractivity contribution >= 4 is 11.6 Å². The fraction of sp³-hybridized carbons (Fsp3) is 0.278. The Balaban J connectivity index is 1.86. The zero-order valence-corrected chi connectivity index (χ0v) is 12.3. The Morgan fingerprint density at radius 1 is 1.14 bits per heavy atom. The van der Waals surface area contributed by atoms with Crippen molar-refractivity contribution in [3.63, 3.8) is 0 Å². The molecule has 0 saturated carbocycles. The number of anilines is 1. The summed E-state index contributed by atoms with van der Waals surface area (Å²) in [6.45, 7) is 3.43. The van der Waals surface area contributed by atoms with E-state index in [9.17, 15) is 4.79 Å². The molecule has 0 aromatic heterocycles. The lowest BCUT2D eigenvalue weighted by Crippen LogP contribution is -2.30. The molecule has 0 fully saturated rings. The van der Waals surface area contributed by atoms with Gasteiger partial charge in [-0.05, 0) is 48.6 Å². The number of hydrogen-bond donors (Lipinski definition) is 1. The van der Waals surface area contributed by atoms with Gasteiger partial charge in [-0.3, -0.25) is 4.79 Å². The minimum absolute atomic E-state index is 0.0680. The average Bonchev–Trinajstić information content (AvgIpc) is 2.71. The van der Waals surface area contributed by atoms with E-state index in [2.05, 4.69) is 18.2 Å². The Bertz CT molecular complexity index is 679. The van der Waals surface area contributed by atoms with Crippen LogP contribution in [0.25, 0.3) is 0 Å². The first-order chi connectivity index (χ1) is 10.1. The summed E-state index contributed by atoms with van der Waals surface area (Å²) in [5.74, 6) is 0.0680. The second-order valence-corrected chi connectivity index (χ2v) is 5.67. The molecule has 1 heterocycles. The van der Waals surface area contributed by atoms with Crippen molar-refractivity contribution in [1.29, 1.82) is 0 Å². The highest BCUT2D eigenvalue weighted by Crippen LogP contribution is 2.21. The van der Waals surface area contributed by atoms with Crippen LogP contribution in [-0.2, 0) is 13.0 Å². The normalized spacial score (nSPS) is 14.4. The third-order valence-corrected chi connectivity index (χ3v) is 4.17. The van der Waals surface area contributed by atoms with Gasteiger partial charge in [0.2, 0.25) is 0 Å². The second kappa shape index (κ2) is 5.60. The minimum Gasteiger partial charge on any atom is -0.398 e. The topological polar surface area (TPSA) is 46.3 Å². The van der Waals surface area contributed by atoms with E-state index in [-0.39, 0.29) is 5.91 Å². The van der Waals surface area contributed by atoms with E-state index in [4.69, 9.17) is 5.73 Å². The van der Waals surface area contributed by atoms with Gasteiger partial charge in [0.15, 0.2) is 0 Å². The summed E-state index contributed by atoms with van der Waals surface area (Å²) in [7, 11) is 0. The molecular weight excluding hydrogens is 260 g/mol. The van der Waals surface area contributed by atoms with Crippen molar-refractivity contribution in [2.24, 2.45) is 0 Å². The van der Waals surface area contributed by atoms with E-state index in [0.29, 0.717) is 17.8 Å². The van der Waals surface area contributed by atoms with Gasteiger partial charge in [0, 0.05) is 24.3 Å². The number of fused-ring (bicyclic) bond motifs is 1. The molecule has 1 amide bonds. The van der Waals surface area contributed by atoms with Crippen LogP contribution in [0.1, 0.15) is 33.5 Å². The van der Waals surface area contributed by atoms with Crippen LogP contribution in [0.15, 0.2) is 42.5 Å². The molecular formula is C18H20N2O. The van der Waals surface area contributed by atoms with Crippen LogP contribution in [0.5, 0.6) is 0 Å². The smallest absolute Gasteiger partial charge is 0.254 e. The Labute approximate surface area is 125 Å². The zero-order chi connectivity index (χ0) is 14.8. The predicted molar refractivity (Wildman–Crippen MR) is 85.1 cm³/mol. The maximum Gasteiger partial charge on any atom is 0.254 e. The second-order valence-electron chi connectivity index (χ2n) is 5.67. The molecule has 0 bridgehead atoms. The summed E-state index contributed by atoms with van der Waals surface area (Å²) >= 11 is 0. The molecule has 1 aliphatic rings. The van der Waals surface area contributed by atoms with Crippen LogP contribution < -0.4 is 5.73 Å². The van der Waals surface area contributed by atoms with E-state index >= 15 is 0 Å². The molecule has 3 heteroatoms. The molecule has 2 aromatic rings. The van der Waals surface area contributed by atoms with Gasteiger partial charge < -0.3 is 10.6 Å². The molecule has 2 aromatic carbocycles. The first kappa shape index (κ1) is 13.7. The molecule has 2 N–H and O–H groups in total. The van der Waals surface area contributed by atoms with Crippen LogP contribution in [0.2, 0.25) is 0 Å². The summed E-state index contributed by atoms with van der Waals surface area (Å²) in [4.78, 5) is 14.6. The Hall–Kier alpha value is -2.29. The number of carbonyl (C=O) groups excluding carboxylic acids is 1. The Morgan fingerprint density at radius 2 is 1.90 bits per heavy atom. The molecule has 0 saturated heterocycles. The number of amides is 1. The van der Waals surface area contributed by atoms with Gasteiger partial charge in [0.1, 0.15) is 0 Å². The van der Waals surface area contributed by atoms with E-state index < -0.39 is 0 Å². The van der Waals surface area contributed by atoms with E-state index in [1.165, 1.54) is 11.1 Å². The standard InChI is InChI=1S/C18H20N2O/c1-13-8-9-15(11-17(13)19)18(21)20-10-4-7-14-5-2-3-6-16(14)12-20/h2-3,5-6,8-9,11H,4,7,10,12,19H2,1H3. The van der Waals surface area contributed by atoms with Crippen LogP contribution in [0.4, 0.5) is 5.69 Å². The lowest BCUT2D eigenvalue weighted by Gasteiger charge is -2.21. The van der Waals surface area contributed by atoms with Crippen molar-refractivity contribution in [2.45, 2.75) is 26.3 Å². The van der Waals surface area contributed by atoms with Crippen molar-refractivity contribution in [1.82, 2.24) is 4.90 Å². The third kappa shape index (κ3) is 2.77. The fourth-order valence-corrected chi connectivity index (χ4v) is 2.83. The first-order valence-electron chi connectivity index (χ1n) is 7.37. The first-order valence-corrected chi connectivity index (χ1v) is 7.37. The van der Waals surface area contributed by atoms with E-state index in [0.717, 1.165) is 24.9 Å². The zero-order valence-electron chi connectivity index (χ0n) is 12.3. The fourth-order valence-electron chi connectivity index (χ4n) is 2.83. The molecule has 3 nitrogen and oxygen atoms in total. The molecule has 0 unspecified atom stereocenters. The SMILES string of the molecule is Cc1ccc(C(=O)N2CCCc3ccccc3C2)cc1N. The van der Waals surface area contributed by atoms with Crippen LogP contribution in [0, 0.1) is 6.92 Å². The monoisotopic (exact) mass is 280 g/mol. The van der Waals surface area contributed by atoms with Crippen molar-refractivity contribution in [3.8, 4) is 0 Å². The predicted octanol–water partition coefficient (Wildman–Crippen LogP) is 3.17. The maximum absolute atomic E-state index is 12.7. The van der Waals surface area contributed by atoms with Gasteiger partial charge in [-0.15, -0.1) is 0 Å². The Morgan fingerprint density at radius 3 is 2.67 bits per heavy atom. The molecule has 0 aliphatic carbocycles. The number of hydrogen-bond acceptors (Lipinski definition) is 2. The summed E-state index contributed by atoms with van der Waals surface area (Å²) in [5, 5.41) is 0. The van der Waals surface area contributed by atoms with Crippen molar-refractivity contribution < 1.29 is 4.79 Å². The quantitative estimate of drug-likeness (QED) is 0.816. The number of nitrogens with two attached hydrogens (primary N) is 1. The van der Waals surface area contributed by atoms with E-state index in [1.807, 2.05) is 30.0 Å². The largest absolute Gasteiger partial charge is 0.398 e. The highest BCUT2D eigenvalue weighted by Gasteiger charge is 2.20. The van der Waals surface area contributed by atoms with Gasteiger partial charge in [0.25, 0.3) is 5.91 Å². The molecule has 0 radical (unpaired) electrons. The lowest BCUT2D eigenvalue weighted by atomic mass is 10.0. The van der Waals surface area contributed by atoms with Crippen molar-refractivity contribution in [2.75, 3.05) is 12.3 Å². The maximum atomic E-state index is 12.7. The molecule has 108 valence electrons. The summed E-state index contributed by atoms with van der Waals surface area (Å²) < 4.78 is 0. The van der Waals surface area contributed by atoms with Gasteiger partial charge in [-0.25, -0.2) is 0 Å². The average molecular weight is 280 g/mol. The summed E-state index contributed by atoms with van der Waals surface area (Å²) in [5.41, 5.74) is 10.9. The highest BCUT2D eigenvalue weighted by molar-refractivity contribution is 5.95. The van der Waals surface area contributed by atoms with Crippen LogP contribution in [-0.4, -0.2) is 17.4 Å². The van der Waals surface area contributed by atoms with Gasteiger partial charge in [-0.2, -0.15) is 0 Å². The summed E-state index contributed by atoms with van der Waals surface area (Å²) in [6, 6.07) is 13.9. The number of benzene rings is 2.